The van der Waals surface area contributed by atoms with Crippen molar-refractivity contribution in [2.45, 2.75) is 41.9 Å². The van der Waals surface area contributed by atoms with Crippen LogP contribution < -0.4 is 20.9 Å². The molecule has 5 rings (SSSR count). The second-order valence-electron chi connectivity index (χ2n) is 8.58. The number of nitrogens with one attached hydrogen (secondary N) is 3. The van der Waals surface area contributed by atoms with Gasteiger partial charge in [0.25, 0.3) is 5.91 Å². The fourth-order valence-electron chi connectivity index (χ4n) is 4.80. The van der Waals surface area contributed by atoms with Crippen LogP contribution in [0.5, 0.6) is 0 Å². The highest BCUT2D eigenvalue weighted by Crippen LogP contribution is 2.38. The second-order valence-corrected chi connectivity index (χ2v) is 10.6. The van der Waals surface area contributed by atoms with Crippen molar-refractivity contribution in [3.05, 3.63) is 52.5 Å². The van der Waals surface area contributed by atoms with E-state index in [0.29, 0.717) is 40.6 Å². The number of rotatable bonds is 4. The van der Waals surface area contributed by atoms with Gasteiger partial charge in [0, 0.05) is 18.5 Å². The van der Waals surface area contributed by atoms with Crippen LogP contribution >= 0.6 is 11.6 Å². The third-order valence-corrected chi connectivity index (χ3v) is 8.71. The number of hydrogen-bond acceptors (Lipinski definition) is 5. The summed E-state index contributed by atoms with van der Waals surface area (Å²) in [6, 6.07) is 9.69. The first-order chi connectivity index (χ1) is 16.2. The Morgan fingerprint density at radius 3 is 2.68 bits per heavy atom. The molecule has 11 heteroatoms. The predicted octanol–water partition coefficient (Wildman–Crippen LogP) is 1.89. The van der Waals surface area contributed by atoms with Crippen LogP contribution in [0.3, 0.4) is 0 Å². The van der Waals surface area contributed by atoms with E-state index in [0.717, 1.165) is 11.1 Å². The van der Waals surface area contributed by atoms with Crippen molar-refractivity contribution in [3.8, 4) is 0 Å². The molecule has 3 N–H and O–H groups in total. The molecule has 3 atom stereocenters. The number of amides is 5. The maximum absolute atomic E-state index is 13.0. The molecule has 1 aliphatic carbocycles. The Hall–Kier alpha value is -3.24. The highest BCUT2D eigenvalue weighted by atomic mass is 35.5. The normalized spacial score (nSPS) is 25.1. The molecule has 3 aliphatic rings. The number of hydrogen-bond donors (Lipinski definition) is 3. The highest BCUT2D eigenvalue weighted by Gasteiger charge is 2.50. The van der Waals surface area contributed by atoms with Gasteiger partial charge in [0.2, 0.25) is 11.8 Å². The van der Waals surface area contributed by atoms with E-state index >= 15 is 0 Å². The van der Waals surface area contributed by atoms with Gasteiger partial charge in [0.1, 0.15) is 17.3 Å². The molecule has 2 aromatic rings. The van der Waals surface area contributed by atoms with Crippen LogP contribution in [0.15, 0.2) is 41.3 Å². The molecular formula is C23H21ClN4O5S. The van der Waals surface area contributed by atoms with Gasteiger partial charge in [-0.15, -0.1) is 0 Å². The molecule has 1 saturated heterocycles. The Balaban J connectivity index is 1.35. The summed E-state index contributed by atoms with van der Waals surface area (Å²) in [5, 5.41) is 7.30. The summed E-state index contributed by atoms with van der Waals surface area (Å²) in [7, 11) is -1.60. The monoisotopic (exact) mass is 500 g/mol. The van der Waals surface area contributed by atoms with Crippen molar-refractivity contribution in [1.29, 1.82) is 0 Å². The van der Waals surface area contributed by atoms with Crippen molar-refractivity contribution < 1.29 is 23.4 Å². The SMILES string of the molecule is CCC1C(=O)N(CC(=O)Nc2ccc3c(c2)CC2(C3)NC(=O)NC2=O)c2cccc(Cl)c2S1=O. The van der Waals surface area contributed by atoms with Gasteiger partial charge in [-0.1, -0.05) is 30.7 Å². The largest absolute Gasteiger partial charge is 0.325 e. The molecule has 0 saturated carbocycles. The van der Waals surface area contributed by atoms with Crippen molar-refractivity contribution in [1.82, 2.24) is 10.6 Å². The van der Waals surface area contributed by atoms with E-state index in [2.05, 4.69) is 16.0 Å². The van der Waals surface area contributed by atoms with Gasteiger partial charge in [-0.25, -0.2) is 4.79 Å². The summed E-state index contributed by atoms with van der Waals surface area (Å²) >= 11 is 6.28. The van der Waals surface area contributed by atoms with Crippen molar-refractivity contribution in [2.75, 3.05) is 16.8 Å². The van der Waals surface area contributed by atoms with E-state index in [4.69, 9.17) is 11.6 Å². The van der Waals surface area contributed by atoms with E-state index < -0.39 is 33.5 Å². The summed E-state index contributed by atoms with van der Waals surface area (Å²) in [5.41, 5.74) is 1.66. The number of imide groups is 1. The molecule has 3 unspecified atom stereocenters. The molecule has 1 fully saturated rings. The van der Waals surface area contributed by atoms with Crippen molar-refractivity contribution >= 4 is 57.5 Å². The zero-order chi connectivity index (χ0) is 24.2. The topological polar surface area (TPSA) is 125 Å². The zero-order valence-electron chi connectivity index (χ0n) is 18.1. The standard InChI is InChI=1S/C23H21ClN4O5S/c1-2-17-20(30)28(16-5-3-4-15(24)19(16)34(17)33)11-18(29)25-14-7-6-12-9-23(10-13(12)8-14)21(31)26-22(32)27-23/h3-8,17H,2,9-11H2,1H3,(H,25,29)(H2,26,27,31,32). The van der Waals surface area contributed by atoms with E-state index in [9.17, 15) is 23.4 Å². The lowest BCUT2D eigenvalue weighted by Gasteiger charge is -2.33. The molecule has 5 amide bonds. The third-order valence-electron chi connectivity index (χ3n) is 6.40. The zero-order valence-corrected chi connectivity index (χ0v) is 19.7. The average molecular weight is 501 g/mol. The molecule has 34 heavy (non-hydrogen) atoms. The molecule has 2 heterocycles. The fraction of sp³-hybridized carbons (Fsp3) is 0.304. The minimum absolute atomic E-state index is 0.265. The van der Waals surface area contributed by atoms with Crippen LogP contribution in [0.4, 0.5) is 16.2 Å². The first-order valence-corrected chi connectivity index (χ1v) is 12.4. The minimum Gasteiger partial charge on any atom is -0.325 e. The number of anilines is 2. The summed E-state index contributed by atoms with van der Waals surface area (Å²) in [4.78, 5) is 51.5. The lowest BCUT2D eigenvalue weighted by molar-refractivity contribution is -0.123. The van der Waals surface area contributed by atoms with Crippen molar-refractivity contribution in [2.24, 2.45) is 0 Å². The molecule has 176 valence electrons. The van der Waals surface area contributed by atoms with E-state index in [-0.39, 0.29) is 18.4 Å². The summed E-state index contributed by atoms with van der Waals surface area (Å²) in [5.74, 6) is -1.17. The van der Waals surface area contributed by atoms with E-state index in [1.807, 2.05) is 6.07 Å². The smallest absolute Gasteiger partial charge is 0.322 e. The van der Waals surface area contributed by atoms with Gasteiger partial charge < -0.3 is 15.5 Å². The second kappa shape index (κ2) is 8.21. The summed E-state index contributed by atoms with van der Waals surface area (Å²) < 4.78 is 12.9. The molecule has 0 radical (unpaired) electrons. The molecule has 0 aromatic heterocycles. The van der Waals surface area contributed by atoms with Gasteiger partial charge >= 0.3 is 6.03 Å². The third kappa shape index (κ3) is 3.57. The first kappa shape index (κ1) is 22.5. The summed E-state index contributed by atoms with van der Waals surface area (Å²) in [6.45, 7) is 1.50. The van der Waals surface area contributed by atoms with Gasteiger partial charge in [0.05, 0.1) is 26.4 Å². The van der Waals surface area contributed by atoms with Gasteiger partial charge in [-0.3, -0.25) is 23.9 Å². The Kier molecular flexibility index (Phi) is 5.44. The van der Waals surface area contributed by atoms with Crippen LogP contribution in [0.2, 0.25) is 5.02 Å². The molecule has 9 nitrogen and oxygen atoms in total. The molecule has 0 bridgehead atoms. The Labute approximate surface area is 202 Å². The van der Waals surface area contributed by atoms with Crippen LogP contribution in [0.1, 0.15) is 24.5 Å². The highest BCUT2D eigenvalue weighted by molar-refractivity contribution is 7.87. The number of benzene rings is 2. The Morgan fingerprint density at radius 1 is 1.21 bits per heavy atom. The number of carbonyl (C=O) groups is 4. The van der Waals surface area contributed by atoms with Gasteiger partial charge in [-0.2, -0.15) is 0 Å². The van der Waals surface area contributed by atoms with Gasteiger partial charge in [-0.05, 0) is 41.8 Å². The predicted molar refractivity (Wildman–Crippen MR) is 126 cm³/mol. The number of urea groups is 1. The number of halogens is 1. The molecule has 2 aromatic carbocycles. The number of fused-ring (bicyclic) bond motifs is 2. The summed E-state index contributed by atoms with van der Waals surface area (Å²) in [6.07, 6.45) is 1.05. The van der Waals surface area contributed by atoms with Crippen LogP contribution in [0, 0.1) is 0 Å². The van der Waals surface area contributed by atoms with E-state index in [1.54, 1.807) is 37.3 Å². The van der Waals surface area contributed by atoms with Crippen LogP contribution in [-0.4, -0.2) is 45.3 Å². The Morgan fingerprint density at radius 2 is 1.97 bits per heavy atom. The maximum atomic E-state index is 13.0. The van der Waals surface area contributed by atoms with E-state index in [1.165, 1.54) is 4.90 Å². The molecule has 2 aliphatic heterocycles. The fourth-order valence-corrected chi connectivity index (χ4v) is 6.74. The quantitative estimate of drug-likeness (QED) is 0.553. The minimum atomic E-state index is -1.60. The first-order valence-electron chi connectivity index (χ1n) is 10.8. The van der Waals surface area contributed by atoms with Crippen LogP contribution in [0.25, 0.3) is 0 Å². The lowest BCUT2D eigenvalue weighted by atomic mass is 9.96. The molecule has 1 spiro atoms. The maximum Gasteiger partial charge on any atom is 0.322 e. The van der Waals surface area contributed by atoms with Gasteiger partial charge in [0.15, 0.2) is 0 Å². The van der Waals surface area contributed by atoms with Crippen molar-refractivity contribution in [3.63, 3.8) is 0 Å². The van der Waals surface area contributed by atoms with Crippen LogP contribution in [-0.2, 0) is 38.0 Å². The lowest BCUT2D eigenvalue weighted by Crippen LogP contribution is -2.48. The Bertz CT molecular complexity index is 1300. The number of carbonyl (C=O) groups excluding carboxylic acids is 4. The average Bonchev–Trinajstić information content (AvgIpc) is 3.28. The number of nitrogens with zero attached hydrogens (tertiary/aromatic N) is 1. The molecular weight excluding hydrogens is 480 g/mol.